The first-order valence-corrected chi connectivity index (χ1v) is 10.9. The van der Waals surface area contributed by atoms with Gasteiger partial charge < -0.3 is 5.32 Å². The van der Waals surface area contributed by atoms with Crippen molar-refractivity contribution in [2.24, 2.45) is 5.14 Å². The van der Waals surface area contributed by atoms with E-state index >= 15 is 0 Å². The summed E-state index contributed by atoms with van der Waals surface area (Å²) in [6.45, 7) is 0. The molecule has 3 aromatic rings. The topological polar surface area (TPSA) is 151 Å². The van der Waals surface area contributed by atoms with Gasteiger partial charge in [-0.25, -0.2) is 23.8 Å². The fraction of sp³-hybridized carbons (Fsp3) is 0.0476. The Morgan fingerprint density at radius 1 is 0.882 bits per heavy atom. The highest BCUT2D eigenvalue weighted by Crippen LogP contribution is 2.26. The maximum atomic E-state index is 13.5. The minimum absolute atomic E-state index is 0.0448. The van der Waals surface area contributed by atoms with E-state index in [9.17, 15) is 31.2 Å². The van der Waals surface area contributed by atoms with Crippen LogP contribution in [0.4, 0.5) is 18.9 Å². The van der Waals surface area contributed by atoms with E-state index in [0.29, 0.717) is 5.56 Å². The van der Waals surface area contributed by atoms with Crippen molar-refractivity contribution in [1.82, 2.24) is 10.8 Å². The van der Waals surface area contributed by atoms with Crippen LogP contribution in [0.1, 0.15) is 22.0 Å². The molecule has 0 saturated carbocycles. The summed E-state index contributed by atoms with van der Waals surface area (Å²) in [6.07, 6.45) is 0. The molecule has 0 bridgehead atoms. The number of hydroxylamine groups is 1. The molecule has 0 radical (unpaired) electrons. The lowest BCUT2D eigenvalue weighted by Gasteiger charge is -2.18. The number of rotatable bonds is 7. The number of halogens is 3. The SMILES string of the molecule is NS(=O)(=O)Nc1ccc(C(=O)NC(C(=O)NO)c2ccc(-c3cc(F)c(F)c(F)c3)cc2)cc1. The molecule has 1 unspecified atom stereocenters. The highest BCUT2D eigenvalue weighted by Gasteiger charge is 2.23. The van der Waals surface area contributed by atoms with E-state index in [1.165, 1.54) is 54.0 Å². The summed E-state index contributed by atoms with van der Waals surface area (Å²) in [5.41, 5.74) is 2.15. The Bertz CT molecular complexity index is 1310. The van der Waals surface area contributed by atoms with Gasteiger partial charge >= 0.3 is 0 Å². The molecular weight excluding hydrogens is 477 g/mol. The normalized spacial score (nSPS) is 12.0. The quantitative estimate of drug-likeness (QED) is 0.194. The number of anilines is 1. The van der Waals surface area contributed by atoms with Crippen molar-refractivity contribution < 1.29 is 36.4 Å². The van der Waals surface area contributed by atoms with Gasteiger partial charge in [0, 0.05) is 11.3 Å². The molecule has 3 aromatic carbocycles. The summed E-state index contributed by atoms with van der Waals surface area (Å²) < 4.78 is 64.4. The lowest BCUT2D eigenvalue weighted by molar-refractivity contribution is -0.131. The Kier molecular flexibility index (Phi) is 7.20. The molecule has 0 spiro atoms. The molecule has 0 heterocycles. The van der Waals surface area contributed by atoms with Gasteiger partial charge in [0.05, 0.1) is 0 Å². The Balaban J connectivity index is 1.82. The van der Waals surface area contributed by atoms with E-state index in [-0.39, 0.29) is 22.4 Å². The number of nitrogens with one attached hydrogen (secondary N) is 3. The van der Waals surface area contributed by atoms with Crippen LogP contribution >= 0.6 is 0 Å². The van der Waals surface area contributed by atoms with Crippen LogP contribution in [-0.2, 0) is 15.0 Å². The maximum absolute atomic E-state index is 13.5. The second-order valence-electron chi connectivity index (χ2n) is 6.98. The molecule has 13 heteroatoms. The maximum Gasteiger partial charge on any atom is 0.296 e. The summed E-state index contributed by atoms with van der Waals surface area (Å²) in [4.78, 5) is 24.8. The number of hydrogen-bond donors (Lipinski definition) is 5. The number of amides is 2. The molecule has 0 aromatic heterocycles. The van der Waals surface area contributed by atoms with Gasteiger partial charge in [0.25, 0.3) is 22.0 Å². The van der Waals surface area contributed by atoms with E-state index in [1.807, 2.05) is 4.72 Å². The van der Waals surface area contributed by atoms with Gasteiger partial charge in [-0.05, 0) is 53.1 Å². The number of nitrogens with two attached hydrogens (primary N) is 1. The van der Waals surface area contributed by atoms with Crippen LogP contribution in [0, 0.1) is 17.5 Å². The number of carbonyl (C=O) groups excluding carboxylic acids is 2. The fourth-order valence-electron chi connectivity index (χ4n) is 3.02. The van der Waals surface area contributed by atoms with Gasteiger partial charge in [0.2, 0.25) is 0 Å². The standard InChI is InChI=1S/C21H17F3N4O5S/c22-16-9-14(10-17(23)18(16)24)11-1-3-12(4-2-11)19(21(30)27-31)26-20(29)13-5-7-15(8-6-13)28-34(25,32)33/h1-10,19,28,31H,(H,26,29)(H,27,30)(H2,25,32,33). The van der Waals surface area contributed by atoms with Gasteiger partial charge in [-0.1, -0.05) is 24.3 Å². The van der Waals surface area contributed by atoms with Crippen LogP contribution in [0.3, 0.4) is 0 Å². The Morgan fingerprint density at radius 2 is 1.44 bits per heavy atom. The van der Waals surface area contributed by atoms with Crippen molar-refractivity contribution in [3.05, 3.63) is 89.2 Å². The molecule has 0 aliphatic heterocycles. The zero-order chi connectivity index (χ0) is 25.0. The molecule has 0 aliphatic carbocycles. The fourth-order valence-corrected chi connectivity index (χ4v) is 3.49. The van der Waals surface area contributed by atoms with E-state index in [1.54, 1.807) is 0 Å². The zero-order valence-electron chi connectivity index (χ0n) is 17.1. The van der Waals surface area contributed by atoms with E-state index in [4.69, 9.17) is 10.3 Å². The van der Waals surface area contributed by atoms with Crippen molar-refractivity contribution in [3.63, 3.8) is 0 Å². The van der Waals surface area contributed by atoms with Gasteiger partial charge in [-0.2, -0.15) is 8.42 Å². The lowest BCUT2D eigenvalue weighted by Crippen LogP contribution is -2.39. The summed E-state index contributed by atoms with van der Waals surface area (Å²) in [5, 5.41) is 16.3. The molecule has 1 atom stereocenters. The monoisotopic (exact) mass is 494 g/mol. The highest BCUT2D eigenvalue weighted by atomic mass is 32.2. The molecule has 0 saturated heterocycles. The Labute approximate surface area is 191 Å². The van der Waals surface area contributed by atoms with Crippen LogP contribution in [0.25, 0.3) is 11.1 Å². The molecule has 0 fully saturated rings. The number of benzene rings is 3. The molecule has 6 N–H and O–H groups in total. The molecular formula is C21H17F3N4O5S. The average Bonchev–Trinajstić information content (AvgIpc) is 2.79. The lowest BCUT2D eigenvalue weighted by atomic mass is 9.99. The Hall–Kier alpha value is -3.94. The highest BCUT2D eigenvalue weighted by molar-refractivity contribution is 7.90. The Morgan fingerprint density at radius 3 is 1.94 bits per heavy atom. The van der Waals surface area contributed by atoms with Crippen molar-refractivity contribution >= 4 is 27.7 Å². The van der Waals surface area contributed by atoms with Gasteiger partial charge in [0.15, 0.2) is 17.5 Å². The molecule has 9 nitrogen and oxygen atoms in total. The van der Waals surface area contributed by atoms with Crippen LogP contribution < -0.4 is 20.7 Å². The van der Waals surface area contributed by atoms with Gasteiger partial charge in [0.1, 0.15) is 6.04 Å². The van der Waals surface area contributed by atoms with Gasteiger partial charge in [-0.15, -0.1) is 0 Å². The first-order chi connectivity index (χ1) is 16.0. The first kappa shape index (κ1) is 24.7. The third-order valence-corrected chi connectivity index (χ3v) is 5.14. The molecule has 34 heavy (non-hydrogen) atoms. The van der Waals surface area contributed by atoms with Crippen molar-refractivity contribution in [2.75, 3.05) is 4.72 Å². The second kappa shape index (κ2) is 9.91. The summed E-state index contributed by atoms with van der Waals surface area (Å²) >= 11 is 0. The van der Waals surface area contributed by atoms with Crippen LogP contribution in [-0.4, -0.2) is 25.4 Å². The number of carbonyl (C=O) groups is 2. The summed E-state index contributed by atoms with van der Waals surface area (Å²) in [7, 11) is -4.00. The molecule has 0 aliphatic rings. The number of hydrogen-bond acceptors (Lipinski definition) is 5. The van der Waals surface area contributed by atoms with E-state index < -0.39 is 45.5 Å². The van der Waals surface area contributed by atoms with Crippen molar-refractivity contribution in [3.8, 4) is 11.1 Å². The first-order valence-electron chi connectivity index (χ1n) is 9.39. The summed E-state index contributed by atoms with van der Waals surface area (Å²) in [5.74, 6) is -6.05. The van der Waals surface area contributed by atoms with Crippen molar-refractivity contribution in [1.29, 1.82) is 0 Å². The van der Waals surface area contributed by atoms with Crippen LogP contribution in [0.2, 0.25) is 0 Å². The van der Waals surface area contributed by atoms with Gasteiger partial charge in [-0.3, -0.25) is 19.5 Å². The second-order valence-corrected chi connectivity index (χ2v) is 8.28. The third kappa shape index (κ3) is 5.89. The third-order valence-electron chi connectivity index (χ3n) is 4.62. The zero-order valence-corrected chi connectivity index (χ0v) is 17.9. The molecule has 3 rings (SSSR count). The average molecular weight is 494 g/mol. The molecule has 2 amide bonds. The van der Waals surface area contributed by atoms with Crippen LogP contribution in [0.15, 0.2) is 60.7 Å². The predicted molar refractivity (Wildman–Crippen MR) is 115 cm³/mol. The van der Waals surface area contributed by atoms with Crippen LogP contribution in [0.5, 0.6) is 0 Å². The van der Waals surface area contributed by atoms with E-state index in [0.717, 1.165) is 12.1 Å². The predicted octanol–water partition coefficient (Wildman–Crippen LogP) is 2.36. The molecule has 178 valence electrons. The minimum atomic E-state index is -4.00. The smallest absolute Gasteiger partial charge is 0.296 e. The minimum Gasteiger partial charge on any atom is -0.336 e. The largest absolute Gasteiger partial charge is 0.336 e. The summed E-state index contributed by atoms with van der Waals surface area (Å²) in [6, 6.07) is 10.9. The van der Waals surface area contributed by atoms with Crippen molar-refractivity contribution in [2.45, 2.75) is 6.04 Å². The van der Waals surface area contributed by atoms with E-state index in [2.05, 4.69) is 5.32 Å².